The van der Waals surface area contributed by atoms with Crippen molar-refractivity contribution in [3.63, 3.8) is 0 Å². The van der Waals surface area contributed by atoms with Gasteiger partial charge in [-0.05, 0) is 38.3 Å². The van der Waals surface area contributed by atoms with E-state index in [1.807, 2.05) is 18.2 Å². The molecule has 3 N–H and O–H groups in total. The lowest BCUT2D eigenvalue weighted by Gasteiger charge is -2.18. The molecule has 0 saturated heterocycles. The van der Waals surface area contributed by atoms with Gasteiger partial charge in [0.2, 0.25) is 5.91 Å². The molecular weight excluding hydrogens is 316 g/mol. The SMILES string of the molecule is CCC(C)NCC(O)COc1cccc2c1CCCC(=O)N2.Cl. The maximum Gasteiger partial charge on any atom is 0.224 e. The van der Waals surface area contributed by atoms with Crippen LogP contribution < -0.4 is 15.4 Å². The average molecular weight is 343 g/mol. The molecule has 0 saturated carbocycles. The van der Waals surface area contributed by atoms with Crippen molar-refractivity contribution < 1.29 is 14.6 Å². The zero-order valence-electron chi connectivity index (χ0n) is 13.8. The molecule has 1 aliphatic rings. The first-order valence-electron chi connectivity index (χ1n) is 8.06. The second kappa shape index (κ2) is 9.75. The van der Waals surface area contributed by atoms with E-state index in [4.69, 9.17) is 4.74 Å². The van der Waals surface area contributed by atoms with E-state index < -0.39 is 6.10 Å². The summed E-state index contributed by atoms with van der Waals surface area (Å²) in [5.74, 6) is 0.802. The maximum absolute atomic E-state index is 11.6. The molecule has 0 bridgehead atoms. The molecule has 1 heterocycles. The van der Waals surface area contributed by atoms with E-state index in [9.17, 15) is 9.90 Å². The van der Waals surface area contributed by atoms with E-state index in [-0.39, 0.29) is 24.9 Å². The number of hydrogen-bond donors (Lipinski definition) is 3. The molecule has 1 aromatic carbocycles. The average Bonchev–Trinajstić information content (AvgIpc) is 2.71. The summed E-state index contributed by atoms with van der Waals surface area (Å²) >= 11 is 0. The Balaban J connectivity index is 0.00000264. The Hall–Kier alpha value is -1.30. The molecule has 1 aromatic rings. The van der Waals surface area contributed by atoms with E-state index in [2.05, 4.69) is 24.5 Å². The first-order chi connectivity index (χ1) is 10.6. The van der Waals surface area contributed by atoms with E-state index in [1.54, 1.807) is 0 Å². The Morgan fingerprint density at radius 2 is 2.17 bits per heavy atom. The van der Waals surface area contributed by atoms with Gasteiger partial charge in [-0.1, -0.05) is 13.0 Å². The predicted molar refractivity (Wildman–Crippen MR) is 94.5 cm³/mol. The number of rotatable bonds is 7. The zero-order valence-corrected chi connectivity index (χ0v) is 14.6. The van der Waals surface area contributed by atoms with E-state index in [0.717, 1.165) is 36.3 Å². The van der Waals surface area contributed by atoms with Crippen LogP contribution in [-0.2, 0) is 11.2 Å². The van der Waals surface area contributed by atoms with Gasteiger partial charge in [-0.15, -0.1) is 12.4 Å². The largest absolute Gasteiger partial charge is 0.490 e. The van der Waals surface area contributed by atoms with E-state index in [0.29, 0.717) is 19.0 Å². The molecule has 23 heavy (non-hydrogen) atoms. The molecule has 0 aliphatic carbocycles. The molecule has 130 valence electrons. The molecule has 5 nitrogen and oxygen atoms in total. The van der Waals surface area contributed by atoms with Crippen molar-refractivity contribution in [1.29, 1.82) is 0 Å². The van der Waals surface area contributed by atoms with Crippen LogP contribution in [0.25, 0.3) is 0 Å². The monoisotopic (exact) mass is 342 g/mol. The lowest BCUT2D eigenvalue weighted by Crippen LogP contribution is -2.36. The summed E-state index contributed by atoms with van der Waals surface area (Å²) in [5, 5.41) is 16.2. The Morgan fingerprint density at radius 3 is 2.91 bits per heavy atom. The predicted octanol–water partition coefficient (Wildman–Crippen LogP) is 2.51. The highest BCUT2D eigenvalue weighted by Crippen LogP contribution is 2.30. The summed E-state index contributed by atoms with van der Waals surface area (Å²) in [6, 6.07) is 6.04. The standard InChI is InChI=1S/C17H26N2O3.ClH/c1-3-12(2)18-10-13(20)11-22-16-8-5-7-15-14(16)6-4-9-17(21)19-15;/h5,7-8,12-13,18,20H,3-4,6,9-11H2,1-2H3,(H,19,21);1H. The number of aliphatic hydroxyl groups excluding tert-OH is 1. The van der Waals surface area contributed by atoms with Crippen molar-refractivity contribution in [2.45, 2.75) is 51.7 Å². The molecule has 2 unspecified atom stereocenters. The van der Waals surface area contributed by atoms with E-state index in [1.165, 1.54) is 0 Å². The second-order valence-electron chi connectivity index (χ2n) is 5.87. The summed E-state index contributed by atoms with van der Waals surface area (Å²) < 4.78 is 5.78. The number of anilines is 1. The first-order valence-corrected chi connectivity index (χ1v) is 8.06. The van der Waals surface area contributed by atoms with Crippen molar-refractivity contribution in [3.8, 4) is 5.75 Å². The number of halogens is 1. The Kier molecular flexibility index (Phi) is 8.37. The zero-order chi connectivity index (χ0) is 15.9. The van der Waals surface area contributed by atoms with E-state index >= 15 is 0 Å². The van der Waals surface area contributed by atoms with Gasteiger partial charge in [0.05, 0.1) is 0 Å². The molecule has 1 aliphatic heterocycles. The maximum atomic E-state index is 11.6. The molecule has 0 radical (unpaired) electrons. The number of amides is 1. The topological polar surface area (TPSA) is 70.6 Å². The van der Waals surface area contributed by atoms with Crippen molar-refractivity contribution in [2.75, 3.05) is 18.5 Å². The van der Waals surface area contributed by atoms with Gasteiger partial charge in [0, 0.05) is 30.3 Å². The van der Waals surface area contributed by atoms with Crippen molar-refractivity contribution in [3.05, 3.63) is 23.8 Å². The van der Waals surface area contributed by atoms with Gasteiger partial charge >= 0.3 is 0 Å². The van der Waals surface area contributed by atoms with Crippen LogP contribution in [0.5, 0.6) is 5.75 Å². The van der Waals surface area contributed by atoms with Gasteiger partial charge in [0.1, 0.15) is 18.5 Å². The molecule has 0 fully saturated rings. The summed E-state index contributed by atoms with van der Waals surface area (Å²) in [5.41, 5.74) is 1.85. The highest BCUT2D eigenvalue weighted by Gasteiger charge is 2.17. The number of nitrogens with one attached hydrogen (secondary N) is 2. The lowest BCUT2D eigenvalue weighted by atomic mass is 10.1. The number of ether oxygens (including phenoxy) is 1. The molecule has 2 atom stereocenters. The van der Waals surface area contributed by atoms with Crippen LogP contribution in [0.4, 0.5) is 5.69 Å². The first kappa shape index (κ1) is 19.7. The second-order valence-corrected chi connectivity index (χ2v) is 5.87. The quantitative estimate of drug-likeness (QED) is 0.712. The van der Waals surface area contributed by atoms with Gasteiger partial charge in [0.25, 0.3) is 0 Å². The van der Waals surface area contributed by atoms with Crippen molar-refractivity contribution in [2.24, 2.45) is 0 Å². The van der Waals surface area contributed by atoms with Gasteiger partial charge in [0.15, 0.2) is 0 Å². The minimum atomic E-state index is -0.551. The Morgan fingerprint density at radius 1 is 1.39 bits per heavy atom. The normalized spacial score (nSPS) is 16.4. The van der Waals surface area contributed by atoms with Crippen LogP contribution in [0.1, 0.15) is 38.7 Å². The third kappa shape index (κ3) is 6.01. The molecule has 6 heteroatoms. The Labute approximate surface area is 144 Å². The van der Waals surface area contributed by atoms with Crippen LogP contribution >= 0.6 is 12.4 Å². The smallest absolute Gasteiger partial charge is 0.224 e. The number of benzene rings is 1. The molecule has 0 aromatic heterocycles. The third-order valence-corrected chi connectivity index (χ3v) is 3.98. The van der Waals surface area contributed by atoms with Crippen LogP contribution in [0, 0.1) is 0 Å². The summed E-state index contributed by atoms with van der Waals surface area (Å²) in [6.07, 6.45) is 2.64. The minimum absolute atomic E-state index is 0. The highest BCUT2D eigenvalue weighted by molar-refractivity contribution is 5.92. The third-order valence-electron chi connectivity index (χ3n) is 3.98. The Bertz CT molecular complexity index is 511. The fraction of sp³-hybridized carbons (Fsp3) is 0.588. The summed E-state index contributed by atoms with van der Waals surface area (Å²) in [7, 11) is 0. The fourth-order valence-electron chi connectivity index (χ4n) is 2.44. The number of aliphatic hydroxyl groups is 1. The van der Waals surface area contributed by atoms with Crippen LogP contribution in [0.2, 0.25) is 0 Å². The molecular formula is C17H27ClN2O3. The van der Waals surface area contributed by atoms with Crippen LogP contribution in [0.15, 0.2) is 18.2 Å². The lowest BCUT2D eigenvalue weighted by molar-refractivity contribution is -0.116. The number of hydrogen-bond acceptors (Lipinski definition) is 4. The highest BCUT2D eigenvalue weighted by atomic mass is 35.5. The number of carbonyl (C=O) groups is 1. The van der Waals surface area contributed by atoms with Crippen molar-refractivity contribution in [1.82, 2.24) is 5.32 Å². The molecule has 1 amide bonds. The summed E-state index contributed by atoms with van der Waals surface area (Å²) in [4.78, 5) is 11.6. The van der Waals surface area contributed by atoms with Gasteiger partial charge in [-0.25, -0.2) is 0 Å². The number of fused-ring (bicyclic) bond motifs is 1. The molecule has 0 spiro atoms. The van der Waals surface area contributed by atoms with Crippen LogP contribution in [-0.4, -0.2) is 36.3 Å². The molecule has 2 rings (SSSR count). The number of carbonyl (C=O) groups excluding carboxylic acids is 1. The van der Waals surface area contributed by atoms with Gasteiger partial charge < -0.3 is 20.5 Å². The fourth-order valence-corrected chi connectivity index (χ4v) is 2.44. The summed E-state index contributed by atoms with van der Waals surface area (Å²) in [6.45, 7) is 4.95. The van der Waals surface area contributed by atoms with Gasteiger partial charge in [-0.2, -0.15) is 0 Å². The van der Waals surface area contributed by atoms with Crippen molar-refractivity contribution >= 4 is 24.0 Å². The van der Waals surface area contributed by atoms with Gasteiger partial charge in [-0.3, -0.25) is 4.79 Å². The minimum Gasteiger partial charge on any atom is -0.490 e. The van der Waals surface area contributed by atoms with Crippen LogP contribution in [0.3, 0.4) is 0 Å².